The quantitative estimate of drug-likeness (QED) is 0.419. The molecule has 36 heavy (non-hydrogen) atoms. The van der Waals surface area contributed by atoms with Gasteiger partial charge in [-0.25, -0.2) is 0 Å². The molecule has 0 unspecified atom stereocenters. The van der Waals surface area contributed by atoms with Crippen molar-refractivity contribution in [3.63, 3.8) is 0 Å². The van der Waals surface area contributed by atoms with Crippen LogP contribution in [0.1, 0.15) is 41.4 Å². The molecule has 2 N–H and O–H groups in total. The molecule has 4 aromatic carbocycles. The van der Waals surface area contributed by atoms with Gasteiger partial charge < -0.3 is 30.4 Å². The van der Waals surface area contributed by atoms with Gasteiger partial charge in [0.1, 0.15) is 0 Å². The summed E-state index contributed by atoms with van der Waals surface area (Å²) in [7, 11) is 0. The standard InChI is InChI=1S/C28H20N2O6/c31-25(17-7-3-1-4-8-17)29-23-13-11-19(15-21(23)27(33)34)20-12-14-24(22(16-20)28(35)36)30-26(32)18-9-5-2-6-10-18/h1-16H,(H,29,31)(H,30,32)(H,33,34)(H,35,36)/p-2. The molecular formula is C28H18N2O6-2. The van der Waals surface area contributed by atoms with E-state index in [1.165, 1.54) is 36.4 Å². The number of carbonyl (C=O) groups excluding carboxylic acids is 4. The Morgan fingerprint density at radius 3 is 1.19 bits per heavy atom. The van der Waals surface area contributed by atoms with Gasteiger partial charge in [-0.1, -0.05) is 48.5 Å². The van der Waals surface area contributed by atoms with Crippen molar-refractivity contribution in [2.75, 3.05) is 10.6 Å². The Bertz CT molecular complexity index is 1350. The van der Waals surface area contributed by atoms with Gasteiger partial charge in [-0.2, -0.15) is 0 Å². The molecule has 0 heterocycles. The van der Waals surface area contributed by atoms with Crippen molar-refractivity contribution >= 4 is 35.1 Å². The van der Waals surface area contributed by atoms with Crippen LogP contribution in [0.2, 0.25) is 0 Å². The zero-order valence-electron chi connectivity index (χ0n) is 18.7. The number of nitrogens with one attached hydrogen (secondary N) is 2. The van der Waals surface area contributed by atoms with E-state index < -0.39 is 23.8 Å². The van der Waals surface area contributed by atoms with E-state index in [4.69, 9.17) is 0 Å². The molecule has 0 aliphatic carbocycles. The Balaban J connectivity index is 1.64. The fourth-order valence-corrected chi connectivity index (χ4v) is 3.57. The molecule has 0 spiro atoms. The zero-order valence-corrected chi connectivity index (χ0v) is 18.7. The van der Waals surface area contributed by atoms with Gasteiger partial charge in [0.25, 0.3) is 11.8 Å². The number of benzene rings is 4. The summed E-state index contributed by atoms with van der Waals surface area (Å²) < 4.78 is 0. The first kappa shape index (κ1) is 23.9. The third-order valence-corrected chi connectivity index (χ3v) is 5.38. The number of hydrogen-bond donors (Lipinski definition) is 2. The molecule has 0 saturated heterocycles. The normalized spacial score (nSPS) is 10.3. The van der Waals surface area contributed by atoms with Gasteiger partial charge in [0.15, 0.2) is 0 Å². The number of carbonyl (C=O) groups is 4. The molecule has 178 valence electrons. The minimum absolute atomic E-state index is 0.0273. The summed E-state index contributed by atoms with van der Waals surface area (Å²) in [4.78, 5) is 48.5. The number of carboxylic acids is 2. The van der Waals surface area contributed by atoms with E-state index in [0.29, 0.717) is 22.3 Å². The van der Waals surface area contributed by atoms with Crippen molar-refractivity contribution in [1.82, 2.24) is 0 Å². The molecule has 8 heteroatoms. The van der Waals surface area contributed by atoms with Crippen LogP contribution in [0.15, 0.2) is 97.1 Å². The van der Waals surface area contributed by atoms with Crippen LogP contribution < -0.4 is 20.8 Å². The summed E-state index contributed by atoms with van der Waals surface area (Å²) >= 11 is 0. The summed E-state index contributed by atoms with van der Waals surface area (Å²) in [6.07, 6.45) is 0. The van der Waals surface area contributed by atoms with E-state index in [1.807, 2.05) is 0 Å². The number of rotatable bonds is 7. The second-order valence-corrected chi connectivity index (χ2v) is 7.74. The summed E-state index contributed by atoms with van der Waals surface area (Å²) in [5.74, 6) is -4.04. The number of aromatic carboxylic acids is 2. The molecule has 2 amide bonds. The van der Waals surface area contributed by atoms with E-state index in [0.717, 1.165) is 0 Å². The Hall–Kier alpha value is -5.24. The number of hydrogen-bond acceptors (Lipinski definition) is 6. The largest absolute Gasteiger partial charge is 0.545 e. The van der Waals surface area contributed by atoms with Gasteiger partial charge in [-0.05, 0) is 59.7 Å². The monoisotopic (exact) mass is 478 g/mol. The Labute approximate surface area is 205 Å². The highest BCUT2D eigenvalue weighted by Crippen LogP contribution is 2.29. The number of anilines is 2. The van der Waals surface area contributed by atoms with Crippen LogP contribution in [0.5, 0.6) is 0 Å². The molecule has 8 nitrogen and oxygen atoms in total. The zero-order chi connectivity index (χ0) is 25.7. The third-order valence-electron chi connectivity index (χ3n) is 5.38. The number of carboxylic acid groups (broad SMARTS) is 2. The van der Waals surface area contributed by atoms with Crippen LogP contribution in [0.4, 0.5) is 11.4 Å². The molecule has 0 radical (unpaired) electrons. The van der Waals surface area contributed by atoms with Crippen molar-refractivity contribution in [2.24, 2.45) is 0 Å². The van der Waals surface area contributed by atoms with Gasteiger partial charge in [-0.15, -0.1) is 0 Å². The lowest BCUT2D eigenvalue weighted by Crippen LogP contribution is -2.25. The second kappa shape index (κ2) is 10.4. The molecule has 0 saturated carbocycles. The van der Waals surface area contributed by atoms with Crippen LogP contribution >= 0.6 is 0 Å². The Morgan fingerprint density at radius 2 is 0.861 bits per heavy atom. The van der Waals surface area contributed by atoms with Gasteiger partial charge >= 0.3 is 0 Å². The van der Waals surface area contributed by atoms with Crippen molar-refractivity contribution in [2.45, 2.75) is 0 Å². The predicted octanol–water partition coefficient (Wildman–Crippen LogP) is 2.59. The summed E-state index contributed by atoms with van der Waals surface area (Å²) in [5, 5.41) is 28.7. The maximum absolute atomic E-state index is 12.5. The van der Waals surface area contributed by atoms with Crippen molar-refractivity contribution in [3.05, 3.63) is 119 Å². The highest BCUT2D eigenvalue weighted by molar-refractivity contribution is 6.09. The lowest BCUT2D eigenvalue weighted by atomic mass is 9.98. The minimum atomic E-state index is -1.52. The van der Waals surface area contributed by atoms with Crippen LogP contribution in [0.25, 0.3) is 11.1 Å². The maximum Gasteiger partial charge on any atom is 0.255 e. The van der Waals surface area contributed by atoms with Crippen molar-refractivity contribution in [1.29, 1.82) is 0 Å². The minimum Gasteiger partial charge on any atom is -0.545 e. The van der Waals surface area contributed by atoms with Crippen molar-refractivity contribution < 1.29 is 29.4 Å². The van der Waals surface area contributed by atoms with Crippen molar-refractivity contribution in [3.8, 4) is 11.1 Å². The third kappa shape index (κ3) is 5.28. The molecule has 0 aromatic heterocycles. The van der Waals surface area contributed by atoms with Crippen LogP contribution in [-0.2, 0) is 0 Å². The molecule has 4 rings (SSSR count). The summed E-state index contributed by atoms with van der Waals surface area (Å²) in [6, 6.07) is 24.9. The SMILES string of the molecule is O=C(Nc1ccc(-c2ccc(NC(=O)c3ccccc3)c(C(=O)[O-])c2)cc1C(=O)[O-])c1ccccc1. The summed E-state index contributed by atoms with van der Waals surface area (Å²) in [5.41, 5.74) is 0.890. The highest BCUT2D eigenvalue weighted by Gasteiger charge is 2.14. The average molecular weight is 478 g/mol. The molecule has 0 aliphatic heterocycles. The molecule has 0 fully saturated rings. The Morgan fingerprint density at radius 1 is 0.500 bits per heavy atom. The fraction of sp³-hybridized carbons (Fsp3) is 0. The topological polar surface area (TPSA) is 138 Å². The number of amides is 2. The lowest BCUT2D eigenvalue weighted by Gasteiger charge is -2.16. The van der Waals surface area contributed by atoms with E-state index in [-0.39, 0.29) is 22.5 Å². The van der Waals surface area contributed by atoms with Crippen LogP contribution in [0.3, 0.4) is 0 Å². The van der Waals surface area contributed by atoms with Gasteiger partial charge in [0.05, 0.1) is 23.3 Å². The fourth-order valence-electron chi connectivity index (χ4n) is 3.57. The highest BCUT2D eigenvalue weighted by atomic mass is 16.4. The molecule has 0 atom stereocenters. The van der Waals surface area contributed by atoms with E-state index in [9.17, 15) is 29.4 Å². The van der Waals surface area contributed by atoms with Gasteiger partial charge in [-0.3, -0.25) is 9.59 Å². The lowest BCUT2D eigenvalue weighted by molar-refractivity contribution is -0.256. The Kier molecular flexibility index (Phi) is 6.87. The molecule has 0 aliphatic rings. The van der Waals surface area contributed by atoms with E-state index >= 15 is 0 Å². The first-order valence-electron chi connectivity index (χ1n) is 10.8. The smallest absolute Gasteiger partial charge is 0.255 e. The first-order chi connectivity index (χ1) is 17.3. The maximum atomic E-state index is 12.5. The van der Waals surface area contributed by atoms with Gasteiger partial charge in [0.2, 0.25) is 0 Å². The molecule has 4 aromatic rings. The first-order valence-corrected chi connectivity index (χ1v) is 10.8. The second-order valence-electron chi connectivity index (χ2n) is 7.74. The summed E-state index contributed by atoms with van der Waals surface area (Å²) in [6.45, 7) is 0. The molecular weight excluding hydrogens is 460 g/mol. The average Bonchev–Trinajstić information content (AvgIpc) is 2.90. The van der Waals surface area contributed by atoms with Crippen LogP contribution in [-0.4, -0.2) is 23.8 Å². The van der Waals surface area contributed by atoms with Crippen LogP contribution in [0, 0.1) is 0 Å². The predicted molar refractivity (Wildman–Crippen MR) is 129 cm³/mol. The molecule has 0 bridgehead atoms. The van der Waals surface area contributed by atoms with E-state index in [2.05, 4.69) is 10.6 Å². The van der Waals surface area contributed by atoms with Gasteiger partial charge in [0, 0.05) is 22.3 Å². The van der Waals surface area contributed by atoms with E-state index in [1.54, 1.807) is 60.7 Å².